The number of aromatic hydroxyl groups is 1. The lowest BCUT2D eigenvalue weighted by Gasteiger charge is -2.16. The first-order valence-corrected chi connectivity index (χ1v) is 7.31. The number of hydrogen-bond donors (Lipinski definition) is 2. The molecule has 0 spiro atoms. The van der Waals surface area contributed by atoms with Gasteiger partial charge in [0.25, 0.3) is 0 Å². The molecule has 0 bridgehead atoms. The van der Waals surface area contributed by atoms with Crippen LogP contribution in [0.4, 0.5) is 0 Å². The van der Waals surface area contributed by atoms with E-state index in [2.05, 4.69) is 0 Å². The van der Waals surface area contributed by atoms with Crippen molar-refractivity contribution in [2.45, 2.75) is 26.2 Å². The molecule has 0 amide bonds. The maximum atomic E-state index is 12.3. The van der Waals surface area contributed by atoms with Crippen LogP contribution in [0.15, 0.2) is 42.5 Å². The summed E-state index contributed by atoms with van der Waals surface area (Å²) in [6.45, 7) is 3.92. The van der Waals surface area contributed by atoms with Crippen LogP contribution in [0, 0.1) is 0 Å². The number of benzene rings is 2. The van der Waals surface area contributed by atoms with Crippen LogP contribution in [0.5, 0.6) is 11.5 Å². The van der Waals surface area contributed by atoms with Gasteiger partial charge in [0.1, 0.15) is 17.1 Å². The SMILES string of the molecule is CCC(C)c1cccc(C(=O)O)c1OC(=O)c1ccc(O)cc1. The van der Waals surface area contributed by atoms with Gasteiger partial charge in [-0.05, 0) is 48.2 Å². The monoisotopic (exact) mass is 314 g/mol. The van der Waals surface area contributed by atoms with E-state index in [1.54, 1.807) is 12.1 Å². The Balaban J connectivity index is 2.42. The second-order valence-electron chi connectivity index (χ2n) is 5.27. The highest BCUT2D eigenvalue weighted by molar-refractivity contribution is 5.96. The zero-order valence-corrected chi connectivity index (χ0v) is 12.9. The van der Waals surface area contributed by atoms with E-state index in [0.29, 0.717) is 5.56 Å². The topological polar surface area (TPSA) is 83.8 Å². The van der Waals surface area contributed by atoms with Crippen molar-refractivity contribution in [2.75, 3.05) is 0 Å². The smallest absolute Gasteiger partial charge is 0.343 e. The number of carboxylic acids is 1. The fraction of sp³-hybridized carbons (Fsp3) is 0.222. The molecule has 0 aliphatic rings. The number of ether oxygens (including phenoxy) is 1. The zero-order chi connectivity index (χ0) is 17.0. The zero-order valence-electron chi connectivity index (χ0n) is 12.9. The first kappa shape index (κ1) is 16.5. The van der Waals surface area contributed by atoms with Crippen LogP contribution < -0.4 is 4.74 Å². The van der Waals surface area contributed by atoms with Crippen LogP contribution in [0.1, 0.15) is 52.5 Å². The fourth-order valence-corrected chi connectivity index (χ4v) is 2.19. The largest absolute Gasteiger partial charge is 0.508 e. The van der Waals surface area contributed by atoms with E-state index < -0.39 is 11.9 Å². The third kappa shape index (κ3) is 3.69. The van der Waals surface area contributed by atoms with E-state index in [-0.39, 0.29) is 28.5 Å². The maximum absolute atomic E-state index is 12.3. The van der Waals surface area contributed by atoms with Gasteiger partial charge >= 0.3 is 11.9 Å². The summed E-state index contributed by atoms with van der Waals surface area (Å²) in [5.41, 5.74) is 0.868. The highest BCUT2D eigenvalue weighted by atomic mass is 16.5. The van der Waals surface area contributed by atoms with Gasteiger partial charge < -0.3 is 14.9 Å². The molecule has 0 radical (unpaired) electrons. The second kappa shape index (κ2) is 6.96. The average Bonchev–Trinajstić information content (AvgIpc) is 2.54. The van der Waals surface area contributed by atoms with Crippen LogP contribution in [0.3, 0.4) is 0 Å². The molecule has 0 saturated heterocycles. The number of phenols is 1. The molecule has 2 rings (SSSR count). The first-order valence-electron chi connectivity index (χ1n) is 7.31. The third-order valence-corrected chi connectivity index (χ3v) is 3.72. The van der Waals surface area contributed by atoms with Crippen molar-refractivity contribution >= 4 is 11.9 Å². The molecule has 120 valence electrons. The van der Waals surface area contributed by atoms with E-state index in [1.165, 1.54) is 30.3 Å². The van der Waals surface area contributed by atoms with Crippen LogP contribution in [-0.4, -0.2) is 22.2 Å². The van der Waals surface area contributed by atoms with Crippen molar-refractivity contribution in [3.05, 3.63) is 59.2 Å². The van der Waals surface area contributed by atoms with Crippen LogP contribution in [0.25, 0.3) is 0 Å². The minimum atomic E-state index is -1.15. The third-order valence-electron chi connectivity index (χ3n) is 3.72. The molecule has 0 saturated carbocycles. The molecule has 1 unspecified atom stereocenters. The van der Waals surface area contributed by atoms with Crippen LogP contribution in [-0.2, 0) is 0 Å². The number of esters is 1. The average molecular weight is 314 g/mol. The van der Waals surface area contributed by atoms with Gasteiger partial charge in [-0.3, -0.25) is 0 Å². The van der Waals surface area contributed by atoms with Gasteiger partial charge in [-0.15, -0.1) is 0 Å². The van der Waals surface area contributed by atoms with Crippen molar-refractivity contribution in [1.29, 1.82) is 0 Å². The van der Waals surface area contributed by atoms with E-state index in [1.807, 2.05) is 13.8 Å². The van der Waals surface area contributed by atoms with Crippen molar-refractivity contribution in [3.63, 3.8) is 0 Å². The summed E-state index contributed by atoms with van der Waals surface area (Å²) in [5.74, 6) is -1.65. The van der Waals surface area contributed by atoms with Gasteiger partial charge in [-0.1, -0.05) is 26.0 Å². The summed E-state index contributed by atoms with van der Waals surface area (Å²) in [5, 5.41) is 18.6. The molecule has 5 heteroatoms. The summed E-state index contributed by atoms with van der Waals surface area (Å²) in [4.78, 5) is 23.7. The summed E-state index contributed by atoms with van der Waals surface area (Å²) < 4.78 is 5.39. The number of rotatable bonds is 5. The van der Waals surface area contributed by atoms with Crippen molar-refractivity contribution < 1.29 is 24.5 Å². The quantitative estimate of drug-likeness (QED) is 0.647. The van der Waals surface area contributed by atoms with Gasteiger partial charge in [0.15, 0.2) is 0 Å². The summed E-state index contributed by atoms with van der Waals surface area (Å²) >= 11 is 0. The molecule has 5 nitrogen and oxygen atoms in total. The number of carbonyl (C=O) groups excluding carboxylic acids is 1. The Morgan fingerprint density at radius 2 is 1.78 bits per heavy atom. The molecule has 2 N–H and O–H groups in total. The second-order valence-corrected chi connectivity index (χ2v) is 5.27. The highest BCUT2D eigenvalue weighted by Crippen LogP contribution is 2.32. The molecule has 2 aromatic carbocycles. The summed E-state index contributed by atoms with van der Waals surface area (Å²) in [6.07, 6.45) is 0.785. The highest BCUT2D eigenvalue weighted by Gasteiger charge is 2.21. The normalized spacial score (nSPS) is 11.7. The summed E-state index contributed by atoms with van der Waals surface area (Å²) in [7, 11) is 0. The Kier molecular flexibility index (Phi) is 5.01. The van der Waals surface area contributed by atoms with Gasteiger partial charge in [-0.2, -0.15) is 0 Å². The number of carboxylic acid groups (broad SMARTS) is 1. The maximum Gasteiger partial charge on any atom is 0.343 e. The number of para-hydroxylation sites is 1. The van der Waals surface area contributed by atoms with Crippen LogP contribution >= 0.6 is 0 Å². The Morgan fingerprint density at radius 1 is 1.13 bits per heavy atom. The van der Waals surface area contributed by atoms with E-state index in [9.17, 15) is 19.8 Å². The fourth-order valence-electron chi connectivity index (χ4n) is 2.19. The molecule has 0 aromatic heterocycles. The molecular formula is C18H18O5. The first-order chi connectivity index (χ1) is 10.9. The molecule has 0 aliphatic carbocycles. The van der Waals surface area contributed by atoms with Gasteiger partial charge in [0.2, 0.25) is 0 Å². The van der Waals surface area contributed by atoms with Crippen molar-refractivity contribution in [1.82, 2.24) is 0 Å². The van der Waals surface area contributed by atoms with E-state index in [4.69, 9.17) is 4.74 Å². The molecule has 0 fully saturated rings. The molecular weight excluding hydrogens is 296 g/mol. The molecule has 0 heterocycles. The van der Waals surface area contributed by atoms with Gasteiger partial charge in [0.05, 0.1) is 5.56 Å². The number of phenolic OH excluding ortho intramolecular Hbond substituents is 1. The van der Waals surface area contributed by atoms with E-state index in [0.717, 1.165) is 6.42 Å². The number of carbonyl (C=O) groups is 2. The molecule has 2 aromatic rings. The molecule has 23 heavy (non-hydrogen) atoms. The summed E-state index contributed by atoms with van der Waals surface area (Å²) in [6, 6.07) is 10.4. The van der Waals surface area contributed by atoms with Crippen molar-refractivity contribution in [2.24, 2.45) is 0 Å². The lowest BCUT2D eigenvalue weighted by Crippen LogP contribution is -2.14. The lowest BCUT2D eigenvalue weighted by molar-refractivity contribution is 0.0680. The molecule has 0 aliphatic heterocycles. The van der Waals surface area contributed by atoms with Gasteiger partial charge in [0, 0.05) is 0 Å². The predicted octanol–water partition coefficient (Wildman–Crippen LogP) is 3.82. The van der Waals surface area contributed by atoms with E-state index >= 15 is 0 Å². The standard InChI is InChI=1S/C18H18O5/c1-3-11(2)14-5-4-6-15(17(20)21)16(14)23-18(22)12-7-9-13(19)10-8-12/h4-11,19H,3H2,1-2H3,(H,20,21). The van der Waals surface area contributed by atoms with Crippen LogP contribution in [0.2, 0.25) is 0 Å². The Hall–Kier alpha value is -2.82. The van der Waals surface area contributed by atoms with Crippen molar-refractivity contribution in [3.8, 4) is 11.5 Å². The van der Waals surface area contributed by atoms with Gasteiger partial charge in [-0.25, -0.2) is 9.59 Å². The lowest BCUT2D eigenvalue weighted by atomic mass is 9.95. The predicted molar refractivity (Wildman–Crippen MR) is 85.2 cm³/mol. The Labute approximate surface area is 134 Å². The molecule has 1 atom stereocenters. The minimum absolute atomic E-state index is 0.0350. The Bertz CT molecular complexity index is 719. The number of hydrogen-bond acceptors (Lipinski definition) is 4. The minimum Gasteiger partial charge on any atom is -0.508 e. The number of aromatic carboxylic acids is 1. The Morgan fingerprint density at radius 3 is 2.35 bits per heavy atom.